The van der Waals surface area contributed by atoms with Crippen molar-refractivity contribution in [1.82, 2.24) is 4.90 Å². The Bertz CT molecular complexity index is 300. The summed E-state index contributed by atoms with van der Waals surface area (Å²) in [6, 6.07) is 11.8. The van der Waals surface area contributed by atoms with Crippen molar-refractivity contribution in [3.63, 3.8) is 0 Å². The first kappa shape index (κ1) is 11.7. The molecule has 0 bridgehead atoms. The van der Waals surface area contributed by atoms with E-state index in [1.807, 2.05) is 0 Å². The third kappa shape index (κ3) is 2.65. The predicted octanol–water partition coefficient (Wildman–Crippen LogP) is 3.66. The Morgan fingerprint density at radius 3 is 2.25 bits per heavy atom. The van der Waals surface area contributed by atoms with E-state index in [1.165, 1.54) is 37.9 Å². The highest BCUT2D eigenvalue weighted by atomic mass is 15.2. The zero-order valence-electron chi connectivity index (χ0n) is 10.5. The summed E-state index contributed by atoms with van der Waals surface area (Å²) in [5, 5.41) is 0. The monoisotopic (exact) mass is 217 g/mol. The molecule has 1 fully saturated rings. The maximum atomic E-state index is 2.68. The maximum Gasteiger partial charge on any atom is 0.0171 e. The molecule has 0 saturated heterocycles. The average Bonchev–Trinajstić information content (AvgIpc) is 3.10. The van der Waals surface area contributed by atoms with E-state index in [2.05, 4.69) is 49.1 Å². The maximum absolute atomic E-state index is 2.68. The molecule has 1 heteroatoms. The molecule has 1 aliphatic rings. The third-order valence-corrected chi connectivity index (χ3v) is 3.48. The molecule has 0 heterocycles. The van der Waals surface area contributed by atoms with Crippen LogP contribution < -0.4 is 0 Å². The summed E-state index contributed by atoms with van der Waals surface area (Å²) in [4.78, 5) is 2.68. The van der Waals surface area contributed by atoms with Gasteiger partial charge in [-0.25, -0.2) is 0 Å². The van der Waals surface area contributed by atoms with Crippen LogP contribution in [0.25, 0.3) is 0 Å². The first-order chi connectivity index (χ1) is 7.86. The molecule has 0 spiro atoms. The predicted molar refractivity (Wildman–Crippen MR) is 69.7 cm³/mol. The minimum Gasteiger partial charge on any atom is -0.300 e. The number of hydrogen-bond acceptors (Lipinski definition) is 1. The van der Waals surface area contributed by atoms with Crippen LogP contribution in [0.4, 0.5) is 0 Å². The van der Waals surface area contributed by atoms with Gasteiger partial charge in [-0.15, -0.1) is 0 Å². The quantitative estimate of drug-likeness (QED) is 0.703. The normalized spacial score (nSPS) is 23.7. The molecule has 0 amide bonds. The van der Waals surface area contributed by atoms with Gasteiger partial charge < -0.3 is 0 Å². The number of nitrogens with zero attached hydrogens (tertiary/aromatic N) is 1. The molecular weight excluding hydrogens is 194 g/mol. The van der Waals surface area contributed by atoms with Crippen LogP contribution in [0.2, 0.25) is 0 Å². The fourth-order valence-corrected chi connectivity index (χ4v) is 2.66. The van der Waals surface area contributed by atoms with E-state index in [4.69, 9.17) is 0 Å². The van der Waals surface area contributed by atoms with Crippen molar-refractivity contribution < 1.29 is 0 Å². The van der Waals surface area contributed by atoms with Gasteiger partial charge in [-0.05, 0) is 37.9 Å². The van der Waals surface area contributed by atoms with Gasteiger partial charge in [0.1, 0.15) is 0 Å². The Morgan fingerprint density at radius 2 is 1.69 bits per heavy atom. The molecule has 1 nitrogen and oxygen atoms in total. The van der Waals surface area contributed by atoms with Gasteiger partial charge in [0.15, 0.2) is 0 Å². The van der Waals surface area contributed by atoms with Gasteiger partial charge in [-0.3, -0.25) is 4.90 Å². The van der Waals surface area contributed by atoms with Gasteiger partial charge in [0, 0.05) is 12.0 Å². The Kier molecular flexibility index (Phi) is 4.00. The van der Waals surface area contributed by atoms with Crippen LogP contribution in [-0.4, -0.2) is 24.0 Å². The molecule has 16 heavy (non-hydrogen) atoms. The molecule has 88 valence electrons. The fourth-order valence-electron chi connectivity index (χ4n) is 2.66. The summed E-state index contributed by atoms with van der Waals surface area (Å²) < 4.78 is 0. The van der Waals surface area contributed by atoms with Gasteiger partial charge in [0.2, 0.25) is 0 Å². The topological polar surface area (TPSA) is 3.24 Å². The molecule has 1 aromatic carbocycles. The Hall–Kier alpha value is -0.820. The van der Waals surface area contributed by atoms with Crippen LogP contribution in [0.15, 0.2) is 30.3 Å². The van der Waals surface area contributed by atoms with Gasteiger partial charge in [0.05, 0.1) is 0 Å². The summed E-state index contributed by atoms with van der Waals surface area (Å²) in [7, 11) is 0. The van der Waals surface area contributed by atoms with Gasteiger partial charge in [-0.2, -0.15) is 0 Å². The number of hydrogen-bond donors (Lipinski definition) is 0. The minimum absolute atomic E-state index is 0.805. The second-order valence-corrected chi connectivity index (χ2v) is 4.86. The smallest absolute Gasteiger partial charge is 0.0171 e. The van der Waals surface area contributed by atoms with Crippen molar-refractivity contribution in [2.45, 2.75) is 45.1 Å². The lowest BCUT2D eigenvalue weighted by Crippen LogP contribution is -2.28. The highest BCUT2D eigenvalue weighted by Crippen LogP contribution is 2.44. The molecule has 0 N–H and O–H groups in total. The number of benzene rings is 1. The van der Waals surface area contributed by atoms with Gasteiger partial charge in [-0.1, -0.05) is 44.2 Å². The molecule has 0 aromatic heterocycles. The summed E-state index contributed by atoms with van der Waals surface area (Å²) in [5.74, 6) is 0.805. The minimum atomic E-state index is 0.805. The summed E-state index contributed by atoms with van der Waals surface area (Å²) in [6.07, 6.45) is 3.92. The molecule has 2 rings (SSSR count). The van der Waals surface area contributed by atoms with E-state index in [9.17, 15) is 0 Å². The first-order valence-corrected chi connectivity index (χ1v) is 6.65. The zero-order valence-corrected chi connectivity index (χ0v) is 10.5. The molecule has 2 atom stereocenters. The average molecular weight is 217 g/mol. The van der Waals surface area contributed by atoms with Crippen molar-refractivity contribution in [2.75, 3.05) is 13.1 Å². The molecule has 0 aliphatic heterocycles. The van der Waals surface area contributed by atoms with E-state index in [-0.39, 0.29) is 0 Å². The van der Waals surface area contributed by atoms with Crippen molar-refractivity contribution >= 4 is 0 Å². The highest BCUT2D eigenvalue weighted by Gasteiger charge is 2.41. The van der Waals surface area contributed by atoms with Crippen LogP contribution in [0, 0.1) is 0 Å². The fraction of sp³-hybridized carbons (Fsp3) is 0.600. The van der Waals surface area contributed by atoms with Crippen LogP contribution in [0.5, 0.6) is 0 Å². The SMILES string of the molecule is CCCN(CCC)C1CC1c1ccccc1. The lowest BCUT2D eigenvalue weighted by Gasteiger charge is -2.21. The molecule has 0 radical (unpaired) electrons. The van der Waals surface area contributed by atoms with Crippen molar-refractivity contribution in [1.29, 1.82) is 0 Å². The molecule has 2 unspecified atom stereocenters. The van der Waals surface area contributed by atoms with Crippen LogP contribution in [0.1, 0.15) is 44.6 Å². The Balaban J connectivity index is 1.93. The van der Waals surface area contributed by atoms with Gasteiger partial charge >= 0.3 is 0 Å². The van der Waals surface area contributed by atoms with E-state index < -0.39 is 0 Å². The Morgan fingerprint density at radius 1 is 1.06 bits per heavy atom. The number of rotatable bonds is 6. The van der Waals surface area contributed by atoms with Crippen LogP contribution in [-0.2, 0) is 0 Å². The van der Waals surface area contributed by atoms with Gasteiger partial charge in [0.25, 0.3) is 0 Å². The van der Waals surface area contributed by atoms with Crippen molar-refractivity contribution in [3.05, 3.63) is 35.9 Å². The molecule has 1 saturated carbocycles. The second-order valence-electron chi connectivity index (χ2n) is 4.86. The highest BCUT2D eigenvalue weighted by molar-refractivity contribution is 5.27. The van der Waals surface area contributed by atoms with Crippen LogP contribution >= 0.6 is 0 Å². The zero-order chi connectivity index (χ0) is 11.4. The van der Waals surface area contributed by atoms with Crippen molar-refractivity contribution in [3.8, 4) is 0 Å². The van der Waals surface area contributed by atoms with E-state index in [1.54, 1.807) is 0 Å². The summed E-state index contributed by atoms with van der Waals surface area (Å²) in [5.41, 5.74) is 1.53. The lowest BCUT2D eigenvalue weighted by molar-refractivity contribution is 0.260. The van der Waals surface area contributed by atoms with Crippen LogP contribution in [0.3, 0.4) is 0 Å². The second kappa shape index (κ2) is 5.49. The lowest BCUT2D eigenvalue weighted by atomic mass is 10.1. The van der Waals surface area contributed by atoms with E-state index in [0.29, 0.717) is 0 Å². The third-order valence-electron chi connectivity index (χ3n) is 3.48. The summed E-state index contributed by atoms with van der Waals surface area (Å²) in [6.45, 7) is 7.09. The molecule has 1 aliphatic carbocycles. The molecular formula is C15H23N. The van der Waals surface area contributed by atoms with E-state index in [0.717, 1.165) is 12.0 Å². The van der Waals surface area contributed by atoms with E-state index >= 15 is 0 Å². The Labute approximate surface area is 99.5 Å². The first-order valence-electron chi connectivity index (χ1n) is 6.65. The standard InChI is InChI=1S/C15H23N/c1-3-10-16(11-4-2)15-12-14(15)13-8-6-5-7-9-13/h5-9,14-15H,3-4,10-12H2,1-2H3. The van der Waals surface area contributed by atoms with Crippen molar-refractivity contribution in [2.24, 2.45) is 0 Å². The molecule has 1 aromatic rings. The summed E-state index contributed by atoms with van der Waals surface area (Å²) >= 11 is 0. The largest absolute Gasteiger partial charge is 0.300 e.